The zero-order valence-corrected chi connectivity index (χ0v) is 9.31. The molecular formula is C11H20N2. The number of nitrogens with zero attached hydrogens (tertiary/aromatic N) is 1. The van der Waals surface area contributed by atoms with Crippen molar-refractivity contribution in [3.05, 3.63) is 23.4 Å². The lowest BCUT2D eigenvalue weighted by molar-refractivity contribution is 1.20. The first-order valence-corrected chi connectivity index (χ1v) is 4.90. The van der Waals surface area contributed by atoms with Gasteiger partial charge in [-0.05, 0) is 18.9 Å². The summed E-state index contributed by atoms with van der Waals surface area (Å²) in [5, 5.41) is 3.11. The van der Waals surface area contributed by atoms with Crippen LogP contribution in [-0.2, 0) is 0 Å². The summed E-state index contributed by atoms with van der Waals surface area (Å²) in [7, 11) is 1.80. The summed E-state index contributed by atoms with van der Waals surface area (Å²) in [6, 6.07) is 0. The average molecular weight is 180 g/mol. The molecule has 0 fully saturated rings. The van der Waals surface area contributed by atoms with Crippen LogP contribution < -0.4 is 5.32 Å². The molecule has 0 aromatic carbocycles. The Morgan fingerprint density at radius 3 is 2.54 bits per heavy atom. The molecule has 0 unspecified atom stereocenters. The Hall–Kier alpha value is -1.05. The van der Waals surface area contributed by atoms with Crippen LogP contribution in [0.3, 0.4) is 0 Å². The fourth-order valence-corrected chi connectivity index (χ4v) is 1.17. The Morgan fingerprint density at radius 1 is 1.46 bits per heavy atom. The van der Waals surface area contributed by atoms with Gasteiger partial charge in [-0.25, -0.2) is 0 Å². The summed E-state index contributed by atoms with van der Waals surface area (Å²) < 4.78 is 0. The van der Waals surface area contributed by atoms with Crippen molar-refractivity contribution in [2.75, 3.05) is 7.05 Å². The Labute approximate surface area is 81.5 Å². The van der Waals surface area contributed by atoms with Crippen molar-refractivity contribution in [1.29, 1.82) is 0 Å². The molecule has 0 bridgehead atoms. The molecule has 1 rings (SSSR count). The topological polar surface area (TPSA) is 24.4 Å². The normalized spacial score (nSPS) is 20.8. The van der Waals surface area contributed by atoms with Crippen LogP contribution in [0.5, 0.6) is 0 Å². The minimum absolute atomic E-state index is 0.990. The van der Waals surface area contributed by atoms with E-state index in [9.17, 15) is 0 Å². The maximum absolute atomic E-state index is 4.12. The highest BCUT2D eigenvalue weighted by Crippen LogP contribution is 2.15. The molecular weight excluding hydrogens is 160 g/mol. The summed E-state index contributed by atoms with van der Waals surface area (Å²) in [6.45, 7) is 8.22. The van der Waals surface area contributed by atoms with Gasteiger partial charge < -0.3 is 5.32 Å². The first-order chi connectivity index (χ1) is 6.29. The number of hydrogen-bond donors (Lipinski definition) is 1. The van der Waals surface area contributed by atoms with Crippen molar-refractivity contribution in [3.8, 4) is 0 Å². The first-order valence-electron chi connectivity index (χ1n) is 4.90. The van der Waals surface area contributed by atoms with Gasteiger partial charge in [0.1, 0.15) is 5.84 Å². The van der Waals surface area contributed by atoms with Gasteiger partial charge in [-0.1, -0.05) is 26.8 Å². The molecule has 0 spiro atoms. The van der Waals surface area contributed by atoms with Gasteiger partial charge in [0.2, 0.25) is 0 Å². The van der Waals surface area contributed by atoms with Crippen molar-refractivity contribution < 1.29 is 0 Å². The standard InChI is InChI=1S/C9H14N2.C2H6/c1-4-5-8-7(2)6-11-9(8)10-3;1-2/h5-6H,4H2,1-3H3,(H,10,11);1-2H3/b8-5-;. The van der Waals surface area contributed by atoms with Crippen LogP contribution in [0.2, 0.25) is 0 Å². The van der Waals surface area contributed by atoms with E-state index in [0.29, 0.717) is 0 Å². The highest BCUT2D eigenvalue weighted by molar-refractivity contribution is 6.05. The van der Waals surface area contributed by atoms with Crippen LogP contribution in [0, 0.1) is 0 Å². The van der Waals surface area contributed by atoms with E-state index in [2.05, 4.69) is 30.2 Å². The molecule has 0 saturated heterocycles. The lowest BCUT2D eigenvalue weighted by atomic mass is 10.1. The Morgan fingerprint density at radius 2 is 2.08 bits per heavy atom. The third kappa shape index (κ3) is 3.05. The number of allylic oxidation sites excluding steroid dienone is 1. The summed E-state index contributed by atoms with van der Waals surface area (Å²) in [5.41, 5.74) is 2.52. The maximum Gasteiger partial charge on any atom is 0.131 e. The number of aliphatic imine (C=N–C) groups is 1. The van der Waals surface area contributed by atoms with Crippen molar-refractivity contribution in [2.45, 2.75) is 34.1 Å². The molecule has 0 aromatic heterocycles. The smallest absolute Gasteiger partial charge is 0.131 e. The van der Waals surface area contributed by atoms with Crippen LogP contribution >= 0.6 is 0 Å². The minimum Gasteiger partial charge on any atom is -0.346 e. The van der Waals surface area contributed by atoms with Crippen LogP contribution in [0.25, 0.3) is 0 Å². The van der Waals surface area contributed by atoms with Crippen LogP contribution in [0.4, 0.5) is 0 Å². The minimum atomic E-state index is 0.990. The molecule has 2 heteroatoms. The van der Waals surface area contributed by atoms with Crippen LogP contribution in [0.15, 0.2) is 28.4 Å². The fraction of sp³-hybridized carbons (Fsp3) is 0.545. The van der Waals surface area contributed by atoms with E-state index in [1.807, 2.05) is 20.0 Å². The van der Waals surface area contributed by atoms with Crippen molar-refractivity contribution in [3.63, 3.8) is 0 Å². The van der Waals surface area contributed by atoms with E-state index in [4.69, 9.17) is 0 Å². The SMILES string of the molecule is CC.CC/C=C1/C(C)=CNC1=NC. The molecule has 74 valence electrons. The van der Waals surface area contributed by atoms with Gasteiger partial charge in [-0.3, -0.25) is 4.99 Å². The molecule has 0 aromatic rings. The molecule has 0 saturated carbocycles. The zero-order valence-electron chi connectivity index (χ0n) is 9.31. The average Bonchev–Trinajstić information content (AvgIpc) is 2.52. The molecule has 1 aliphatic rings. The largest absolute Gasteiger partial charge is 0.346 e. The first kappa shape index (κ1) is 11.9. The maximum atomic E-state index is 4.12. The summed E-state index contributed by atoms with van der Waals surface area (Å²) >= 11 is 0. The van der Waals surface area contributed by atoms with Crippen molar-refractivity contribution in [1.82, 2.24) is 5.32 Å². The third-order valence-corrected chi connectivity index (χ3v) is 1.74. The molecule has 1 aliphatic heterocycles. The van der Waals surface area contributed by atoms with E-state index < -0.39 is 0 Å². The number of hydrogen-bond acceptors (Lipinski definition) is 1. The molecule has 2 nitrogen and oxygen atoms in total. The zero-order chi connectivity index (χ0) is 10.3. The Balaban J connectivity index is 0.000000671. The molecule has 1 N–H and O–H groups in total. The van der Waals surface area contributed by atoms with E-state index in [1.54, 1.807) is 7.05 Å². The Kier molecular flexibility index (Phi) is 5.94. The molecule has 0 radical (unpaired) electrons. The van der Waals surface area contributed by atoms with Crippen molar-refractivity contribution in [2.24, 2.45) is 4.99 Å². The molecule has 1 heterocycles. The third-order valence-electron chi connectivity index (χ3n) is 1.74. The molecule has 0 amide bonds. The van der Waals surface area contributed by atoms with E-state index >= 15 is 0 Å². The molecule has 13 heavy (non-hydrogen) atoms. The fourth-order valence-electron chi connectivity index (χ4n) is 1.17. The second-order valence-electron chi connectivity index (χ2n) is 2.57. The highest BCUT2D eigenvalue weighted by atomic mass is 15.0. The van der Waals surface area contributed by atoms with Crippen molar-refractivity contribution >= 4 is 5.84 Å². The summed E-state index contributed by atoms with van der Waals surface area (Å²) in [4.78, 5) is 4.12. The highest BCUT2D eigenvalue weighted by Gasteiger charge is 2.12. The van der Waals surface area contributed by atoms with Gasteiger partial charge in [-0.15, -0.1) is 0 Å². The quantitative estimate of drug-likeness (QED) is 0.659. The van der Waals surface area contributed by atoms with Gasteiger partial charge in [0.05, 0.1) is 0 Å². The monoisotopic (exact) mass is 180 g/mol. The van der Waals surface area contributed by atoms with Gasteiger partial charge in [0.25, 0.3) is 0 Å². The second-order valence-corrected chi connectivity index (χ2v) is 2.57. The van der Waals surface area contributed by atoms with E-state index in [0.717, 1.165) is 12.3 Å². The van der Waals surface area contributed by atoms with E-state index in [-0.39, 0.29) is 0 Å². The van der Waals surface area contributed by atoms with E-state index in [1.165, 1.54) is 11.1 Å². The number of rotatable bonds is 1. The van der Waals surface area contributed by atoms with Gasteiger partial charge in [-0.2, -0.15) is 0 Å². The van der Waals surface area contributed by atoms with Gasteiger partial charge in [0.15, 0.2) is 0 Å². The van der Waals surface area contributed by atoms with Gasteiger partial charge in [0, 0.05) is 18.8 Å². The lowest BCUT2D eigenvalue weighted by Gasteiger charge is -1.99. The van der Waals surface area contributed by atoms with Crippen LogP contribution in [0.1, 0.15) is 34.1 Å². The number of amidine groups is 1. The Bertz CT molecular complexity index is 234. The second kappa shape index (κ2) is 6.46. The van der Waals surface area contributed by atoms with Gasteiger partial charge >= 0.3 is 0 Å². The van der Waals surface area contributed by atoms with Crippen LogP contribution in [-0.4, -0.2) is 12.9 Å². The predicted octanol–water partition coefficient (Wildman–Crippen LogP) is 2.88. The molecule has 0 atom stereocenters. The summed E-state index contributed by atoms with van der Waals surface area (Å²) in [6.07, 6.45) is 5.24. The lowest BCUT2D eigenvalue weighted by Crippen LogP contribution is -2.12. The predicted molar refractivity (Wildman–Crippen MR) is 60.0 cm³/mol. The molecule has 0 aliphatic carbocycles. The number of nitrogens with one attached hydrogen (secondary N) is 1. The summed E-state index contributed by atoms with van der Waals surface area (Å²) in [5.74, 6) is 0.990.